The van der Waals surface area contributed by atoms with Gasteiger partial charge in [0.1, 0.15) is 11.5 Å². The summed E-state index contributed by atoms with van der Waals surface area (Å²) in [5, 5.41) is 2.78. The number of methoxy groups -OCH3 is 1. The summed E-state index contributed by atoms with van der Waals surface area (Å²) < 4.78 is 36.2. The second-order valence-electron chi connectivity index (χ2n) is 5.94. The number of nitrogens with one attached hydrogen (secondary N) is 1. The van der Waals surface area contributed by atoms with Crippen molar-refractivity contribution in [3.05, 3.63) is 54.1 Å². The maximum absolute atomic E-state index is 12.5. The largest absolute Gasteiger partial charge is 0.497 e. The SMILES string of the molecule is COc1cccc(CNC(=O)C2CN(S(C)(=O)=O)c3ccccc3O2)c1. The molecule has 2 aromatic carbocycles. The van der Waals surface area contributed by atoms with Crippen LogP contribution in [0.1, 0.15) is 5.56 Å². The van der Waals surface area contributed by atoms with Gasteiger partial charge in [0.15, 0.2) is 6.10 Å². The normalized spacial score (nSPS) is 16.4. The van der Waals surface area contributed by atoms with E-state index in [-0.39, 0.29) is 19.0 Å². The topological polar surface area (TPSA) is 84.9 Å². The van der Waals surface area contributed by atoms with Crippen molar-refractivity contribution in [3.63, 3.8) is 0 Å². The molecular formula is C18H20N2O5S. The van der Waals surface area contributed by atoms with Crippen molar-refractivity contribution in [2.24, 2.45) is 0 Å². The molecule has 3 rings (SSSR count). The fraction of sp³-hybridized carbons (Fsp3) is 0.278. The smallest absolute Gasteiger partial charge is 0.263 e. The quantitative estimate of drug-likeness (QED) is 0.856. The number of sulfonamides is 1. The first-order chi connectivity index (χ1) is 12.4. The number of carbonyl (C=O) groups excluding carboxylic acids is 1. The monoisotopic (exact) mass is 376 g/mol. The van der Waals surface area contributed by atoms with Crippen LogP contribution in [0.25, 0.3) is 0 Å². The maximum atomic E-state index is 12.5. The molecule has 1 atom stereocenters. The van der Waals surface area contributed by atoms with Gasteiger partial charge in [-0.2, -0.15) is 0 Å². The van der Waals surface area contributed by atoms with Gasteiger partial charge in [0.25, 0.3) is 5.91 Å². The Kier molecular flexibility index (Phi) is 5.03. The Bertz CT molecular complexity index is 913. The second kappa shape index (κ2) is 7.25. The van der Waals surface area contributed by atoms with Crippen molar-refractivity contribution >= 4 is 21.6 Å². The van der Waals surface area contributed by atoms with Gasteiger partial charge in [0, 0.05) is 6.54 Å². The minimum Gasteiger partial charge on any atom is -0.497 e. The number of ether oxygens (including phenoxy) is 2. The molecule has 2 aromatic rings. The minimum atomic E-state index is -3.53. The van der Waals surface area contributed by atoms with Crippen LogP contribution in [0, 0.1) is 0 Å². The van der Waals surface area contributed by atoms with E-state index >= 15 is 0 Å². The lowest BCUT2D eigenvalue weighted by Crippen LogP contribution is -2.50. The van der Waals surface area contributed by atoms with E-state index in [0.29, 0.717) is 17.2 Å². The van der Waals surface area contributed by atoms with Gasteiger partial charge in [-0.05, 0) is 29.8 Å². The fourth-order valence-corrected chi connectivity index (χ4v) is 3.65. The molecule has 0 saturated heterocycles. The highest BCUT2D eigenvalue weighted by Crippen LogP contribution is 2.34. The molecule has 1 aliphatic heterocycles. The van der Waals surface area contributed by atoms with Gasteiger partial charge in [-0.3, -0.25) is 9.10 Å². The van der Waals surface area contributed by atoms with E-state index in [2.05, 4.69) is 5.32 Å². The van der Waals surface area contributed by atoms with Crippen LogP contribution in [0.15, 0.2) is 48.5 Å². The van der Waals surface area contributed by atoms with Crippen molar-refractivity contribution in [2.45, 2.75) is 12.6 Å². The summed E-state index contributed by atoms with van der Waals surface area (Å²) in [5.41, 5.74) is 1.31. The van der Waals surface area contributed by atoms with Gasteiger partial charge in [-0.25, -0.2) is 8.42 Å². The highest BCUT2D eigenvalue weighted by Gasteiger charge is 2.34. The third kappa shape index (κ3) is 3.91. The average molecular weight is 376 g/mol. The third-order valence-corrected chi connectivity index (χ3v) is 5.17. The number of rotatable bonds is 5. The third-order valence-electron chi connectivity index (χ3n) is 4.03. The zero-order chi connectivity index (χ0) is 18.7. The second-order valence-corrected chi connectivity index (χ2v) is 7.84. The Labute approximate surface area is 152 Å². The van der Waals surface area contributed by atoms with Crippen LogP contribution in [-0.4, -0.2) is 40.3 Å². The first-order valence-corrected chi connectivity index (χ1v) is 9.87. The number of benzene rings is 2. The molecule has 1 unspecified atom stereocenters. The highest BCUT2D eigenvalue weighted by molar-refractivity contribution is 7.92. The summed E-state index contributed by atoms with van der Waals surface area (Å²) >= 11 is 0. The molecule has 138 valence electrons. The summed E-state index contributed by atoms with van der Waals surface area (Å²) in [7, 11) is -1.95. The number of fused-ring (bicyclic) bond motifs is 1. The molecule has 26 heavy (non-hydrogen) atoms. The van der Waals surface area contributed by atoms with Crippen LogP contribution in [0.2, 0.25) is 0 Å². The van der Waals surface area contributed by atoms with Crippen molar-refractivity contribution in [1.82, 2.24) is 5.32 Å². The number of hydrogen-bond donors (Lipinski definition) is 1. The molecule has 0 aliphatic carbocycles. The van der Waals surface area contributed by atoms with Crippen LogP contribution in [0.3, 0.4) is 0 Å². The number of amides is 1. The van der Waals surface area contributed by atoms with Gasteiger partial charge in [0.05, 0.1) is 25.6 Å². The Hall–Kier alpha value is -2.74. The lowest BCUT2D eigenvalue weighted by molar-refractivity contribution is -0.127. The average Bonchev–Trinajstić information content (AvgIpc) is 2.64. The van der Waals surface area contributed by atoms with Gasteiger partial charge >= 0.3 is 0 Å². The Morgan fingerprint density at radius 1 is 1.27 bits per heavy atom. The van der Waals surface area contributed by atoms with E-state index in [0.717, 1.165) is 11.8 Å². The number of anilines is 1. The highest BCUT2D eigenvalue weighted by atomic mass is 32.2. The van der Waals surface area contributed by atoms with Crippen LogP contribution >= 0.6 is 0 Å². The molecular weight excluding hydrogens is 356 g/mol. The molecule has 7 nitrogen and oxygen atoms in total. The van der Waals surface area contributed by atoms with Crippen molar-refractivity contribution in [2.75, 3.05) is 24.2 Å². The molecule has 1 amide bonds. The zero-order valence-electron chi connectivity index (χ0n) is 14.5. The maximum Gasteiger partial charge on any atom is 0.263 e. The predicted octanol–water partition coefficient (Wildman–Crippen LogP) is 1.54. The summed E-state index contributed by atoms with van der Waals surface area (Å²) in [6.45, 7) is 0.218. The number of nitrogens with zero attached hydrogens (tertiary/aromatic N) is 1. The Morgan fingerprint density at radius 2 is 2.04 bits per heavy atom. The molecule has 8 heteroatoms. The molecule has 1 heterocycles. The number of hydrogen-bond acceptors (Lipinski definition) is 5. The van der Waals surface area contributed by atoms with E-state index in [4.69, 9.17) is 9.47 Å². The predicted molar refractivity (Wildman–Crippen MR) is 97.9 cm³/mol. The van der Waals surface area contributed by atoms with Crippen molar-refractivity contribution < 1.29 is 22.7 Å². The van der Waals surface area contributed by atoms with E-state index in [9.17, 15) is 13.2 Å². The van der Waals surface area contributed by atoms with Gasteiger partial charge < -0.3 is 14.8 Å². The molecule has 0 bridgehead atoms. The zero-order valence-corrected chi connectivity index (χ0v) is 15.3. The van der Waals surface area contributed by atoms with Crippen molar-refractivity contribution in [3.8, 4) is 11.5 Å². The van der Waals surface area contributed by atoms with E-state index < -0.39 is 16.1 Å². The lowest BCUT2D eigenvalue weighted by Gasteiger charge is -2.33. The van der Waals surface area contributed by atoms with Gasteiger partial charge in [-0.15, -0.1) is 0 Å². The van der Waals surface area contributed by atoms with E-state index in [1.807, 2.05) is 24.3 Å². The molecule has 1 N–H and O–H groups in total. The molecule has 1 aliphatic rings. The molecule has 0 spiro atoms. The van der Waals surface area contributed by atoms with E-state index in [1.54, 1.807) is 31.4 Å². The van der Waals surface area contributed by atoms with Crippen LogP contribution < -0.4 is 19.1 Å². The van der Waals surface area contributed by atoms with Gasteiger partial charge in [-0.1, -0.05) is 24.3 Å². The Balaban J connectivity index is 1.74. The molecule has 0 saturated carbocycles. The summed E-state index contributed by atoms with van der Waals surface area (Å²) in [6, 6.07) is 14.1. The van der Waals surface area contributed by atoms with Gasteiger partial charge in [0.2, 0.25) is 10.0 Å². The fourth-order valence-electron chi connectivity index (χ4n) is 2.74. The summed E-state index contributed by atoms with van der Waals surface area (Å²) in [6.07, 6.45) is 0.186. The molecule has 0 fully saturated rings. The summed E-state index contributed by atoms with van der Waals surface area (Å²) in [5.74, 6) is 0.685. The number of carbonyl (C=O) groups is 1. The molecule has 0 radical (unpaired) electrons. The summed E-state index contributed by atoms with van der Waals surface area (Å²) in [4.78, 5) is 12.5. The Morgan fingerprint density at radius 3 is 2.77 bits per heavy atom. The van der Waals surface area contributed by atoms with E-state index in [1.165, 1.54) is 4.31 Å². The first kappa shape index (κ1) is 18.1. The van der Waals surface area contributed by atoms with Crippen LogP contribution in [-0.2, 0) is 21.4 Å². The van der Waals surface area contributed by atoms with Crippen molar-refractivity contribution in [1.29, 1.82) is 0 Å². The minimum absolute atomic E-state index is 0.0697. The first-order valence-electron chi connectivity index (χ1n) is 8.02. The standard InChI is InChI=1S/C18H20N2O5S/c1-24-14-7-5-6-13(10-14)11-19-18(21)17-12-20(26(2,22)23)15-8-3-4-9-16(15)25-17/h3-10,17H,11-12H2,1-2H3,(H,19,21). The lowest BCUT2D eigenvalue weighted by atomic mass is 10.2. The van der Waals surface area contributed by atoms with Crippen LogP contribution in [0.5, 0.6) is 11.5 Å². The van der Waals surface area contributed by atoms with Crippen LogP contribution in [0.4, 0.5) is 5.69 Å². The molecule has 0 aromatic heterocycles. The number of para-hydroxylation sites is 2.